The minimum absolute atomic E-state index is 0.00847. The number of sulfone groups is 1. The standard InChI is InChI=1S/C11H15FO2S/c1-9(2)7-15(13,14)8-10-3-5-11(12)6-4-10/h3-6,9H,7-8H2,1-2H3. The minimum atomic E-state index is -3.07. The van der Waals surface area contributed by atoms with Crippen molar-refractivity contribution in [3.8, 4) is 0 Å². The molecule has 0 aliphatic carbocycles. The summed E-state index contributed by atoms with van der Waals surface area (Å²) in [5.41, 5.74) is 0.636. The van der Waals surface area contributed by atoms with Crippen molar-refractivity contribution < 1.29 is 12.8 Å². The van der Waals surface area contributed by atoms with Crippen molar-refractivity contribution in [2.45, 2.75) is 19.6 Å². The molecule has 0 heterocycles. The highest BCUT2D eigenvalue weighted by atomic mass is 32.2. The van der Waals surface area contributed by atoms with Gasteiger partial charge >= 0.3 is 0 Å². The topological polar surface area (TPSA) is 34.1 Å². The van der Waals surface area contributed by atoms with Crippen molar-refractivity contribution in [3.63, 3.8) is 0 Å². The van der Waals surface area contributed by atoms with Crippen LogP contribution in [0.15, 0.2) is 24.3 Å². The molecule has 0 saturated heterocycles. The van der Waals surface area contributed by atoms with Gasteiger partial charge in [0.05, 0.1) is 11.5 Å². The Morgan fingerprint density at radius 3 is 2.20 bits per heavy atom. The van der Waals surface area contributed by atoms with Crippen LogP contribution in [-0.2, 0) is 15.6 Å². The van der Waals surface area contributed by atoms with Crippen molar-refractivity contribution >= 4 is 9.84 Å². The second-order valence-corrected chi connectivity index (χ2v) is 6.18. The zero-order valence-electron chi connectivity index (χ0n) is 8.90. The monoisotopic (exact) mass is 230 g/mol. The number of rotatable bonds is 4. The van der Waals surface area contributed by atoms with Crippen molar-refractivity contribution in [1.29, 1.82) is 0 Å². The van der Waals surface area contributed by atoms with Crippen LogP contribution < -0.4 is 0 Å². The molecule has 0 aromatic heterocycles. The van der Waals surface area contributed by atoms with Gasteiger partial charge in [0.2, 0.25) is 0 Å². The highest BCUT2D eigenvalue weighted by Crippen LogP contribution is 2.10. The van der Waals surface area contributed by atoms with Gasteiger partial charge in [0.15, 0.2) is 9.84 Å². The summed E-state index contributed by atoms with van der Waals surface area (Å²) in [4.78, 5) is 0. The molecular formula is C11H15FO2S. The first kappa shape index (κ1) is 12.2. The molecule has 0 spiro atoms. The molecule has 0 atom stereocenters. The highest BCUT2D eigenvalue weighted by molar-refractivity contribution is 7.90. The zero-order chi connectivity index (χ0) is 11.5. The summed E-state index contributed by atoms with van der Waals surface area (Å²) in [6.45, 7) is 3.73. The van der Waals surface area contributed by atoms with Gasteiger partial charge in [-0.3, -0.25) is 0 Å². The van der Waals surface area contributed by atoms with Crippen LogP contribution in [0, 0.1) is 11.7 Å². The van der Waals surface area contributed by atoms with E-state index in [0.717, 1.165) is 0 Å². The maximum Gasteiger partial charge on any atom is 0.154 e. The smallest absolute Gasteiger partial charge is 0.154 e. The van der Waals surface area contributed by atoms with Gasteiger partial charge in [-0.05, 0) is 23.6 Å². The van der Waals surface area contributed by atoms with E-state index in [-0.39, 0.29) is 23.2 Å². The fraction of sp³-hybridized carbons (Fsp3) is 0.455. The normalized spacial score (nSPS) is 12.0. The van der Waals surface area contributed by atoms with Crippen molar-refractivity contribution in [2.75, 3.05) is 5.75 Å². The molecule has 0 aliphatic rings. The first-order chi connectivity index (χ1) is 6.89. The summed E-state index contributed by atoms with van der Waals surface area (Å²) in [7, 11) is -3.07. The maximum absolute atomic E-state index is 12.6. The van der Waals surface area contributed by atoms with Crippen LogP contribution >= 0.6 is 0 Å². The Morgan fingerprint density at radius 2 is 1.73 bits per heavy atom. The Labute approximate surface area is 90.0 Å². The molecule has 15 heavy (non-hydrogen) atoms. The molecule has 4 heteroatoms. The summed E-state index contributed by atoms with van der Waals surface area (Å²) in [5.74, 6) is -0.0639. The molecule has 0 bridgehead atoms. The van der Waals surface area contributed by atoms with Crippen LogP contribution in [0.25, 0.3) is 0 Å². The summed E-state index contributed by atoms with van der Waals surface area (Å²) in [6, 6.07) is 5.57. The molecular weight excluding hydrogens is 215 g/mol. The molecule has 0 fully saturated rings. The van der Waals surface area contributed by atoms with E-state index in [0.29, 0.717) is 5.56 Å². The molecule has 0 N–H and O–H groups in total. The van der Waals surface area contributed by atoms with Crippen LogP contribution in [0.5, 0.6) is 0 Å². The van der Waals surface area contributed by atoms with Crippen LogP contribution in [-0.4, -0.2) is 14.2 Å². The van der Waals surface area contributed by atoms with Gasteiger partial charge in [-0.2, -0.15) is 0 Å². The van der Waals surface area contributed by atoms with Crippen molar-refractivity contribution in [1.82, 2.24) is 0 Å². The third-order valence-electron chi connectivity index (χ3n) is 1.89. The van der Waals surface area contributed by atoms with Gasteiger partial charge in [0.25, 0.3) is 0 Å². The quantitative estimate of drug-likeness (QED) is 0.796. The van der Waals surface area contributed by atoms with Crippen LogP contribution in [0.4, 0.5) is 4.39 Å². The van der Waals surface area contributed by atoms with Gasteiger partial charge in [-0.1, -0.05) is 26.0 Å². The Bertz CT molecular complexity index is 407. The lowest BCUT2D eigenvalue weighted by atomic mass is 10.2. The Balaban J connectivity index is 2.73. The number of benzene rings is 1. The second kappa shape index (κ2) is 4.75. The fourth-order valence-corrected chi connectivity index (χ4v) is 3.24. The van der Waals surface area contributed by atoms with E-state index in [1.807, 2.05) is 13.8 Å². The molecule has 1 rings (SSSR count). The van der Waals surface area contributed by atoms with Crippen molar-refractivity contribution in [3.05, 3.63) is 35.6 Å². The molecule has 0 aliphatic heterocycles. The molecule has 1 aromatic carbocycles. The SMILES string of the molecule is CC(C)CS(=O)(=O)Cc1ccc(F)cc1. The lowest BCUT2D eigenvalue weighted by Crippen LogP contribution is -2.13. The first-order valence-electron chi connectivity index (χ1n) is 4.84. The number of halogens is 1. The van der Waals surface area contributed by atoms with Crippen LogP contribution in [0.2, 0.25) is 0 Å². The molecule has 84 valence electrons. The van der Waals surface area contributed by atoms with Crippen LogP contribution in [0.3, 0.4) is 0 Å². The Morgan fingerprint density at radius 1 is 1.20 bits per heavy atom. The lowest BCUT2D eigenvalue weighted by Gasteiger charge is -2.06. The molecule has 0 saturated carbocycles. The van der Waals surface area contributed by atoms with E-state index in [2.05, 4.69) is 0 Å². The van der Waals surface area contributed by atoms with Gasteiger partial charge < -0.3 is 0 Å². The first-order valence-corrected chi connectivity index (χ1v) is 6.66. The number of hydrogen-bond acceptors (Lipinski definition) is 2. The van der Waals surface area contributed by atoms with Gasteiger partial charge in [0.1, 0.15) is 5.82 Å². The summed E-state index contributed by atoms with van der Waals surface area (Å²) in [6.07, 6.45) is 0. The summed E-state index contributed by atoms with van der Waals surface area (Å²) in [5, 5.41) is 0. The van der Waals surface area contributed by atoms with E-state index in [9.17, 15) is 12.8 Å². The van der Waals surface area contributed by atoms with Gasteiger partial charge in [0, 0.05) is 0 Å². The number of hydrogen-bond donors (Lipinski definition) is 0. The minimum Gasteiger partial charge on any atom is -0.228 e. The predicted octanol–water partition coefficient (Wildman–Crippen LogP) is 2.40. The van der Waals surface area contributed by atoms with E-state index in [4.69, 9.17) is 0 Å². The predicted molar refractivity (Wildman–Crippen MR) is 58.7 cm³/mol. The molecule has 0 amide bonds. The van der Waals surface area contributed by atoms with Gasteiger partial charge in [-0.25, -0.2) is 12.8 Å². The Kier molecular flexibility index (Phi) is 3.85. The maximum atomic E-state index is 12.6. The second-order valence-electron chi connectivity index (χ2n) is 4.07. The van der Waals surface area contributed by atoms with E-state index in [1.165, 1.54) is 24.3 Å². The largest absolute Gasteiger partial charge is 0.228 e. The summed E-state index contributed by atoms with van der Waals surface area (Å²) < 4.78 is 35.8. The average Bonchev–Trinajstić information content (AvgIpc) is 2.06. The third-order valence-corrected chi connectivity index (χ3v) is 3.83. The van der Waals surface area contributed by atoms with Crippen molar-refractivity contribution in [2.24, 2.45) is 5.92 Å². The molecule has 2 nitrogen and oxygen atoms in total. The Hall–Kier alpha value is -0.900. The molecule has 1 aromatic rings. The highest BCUT2D eigenvalue weighted by Gasteiger charge is 2.13. The molecule has 0 radical (unpaired) electrons. The average molecular weight is 230 g/mol. The fourth-order valence-electron chi connectivity index (χ4n) is 1.40. The summed E-state index contributed by atoms with van der Waals surface area (Å²) >= 11 is 0. The zero-order valence-corrected chi connectivity index (χ0v) is 9.72. The lowest BCUT2D eigenvalue weighted by molar-refractivity contribution is 0.581. The van der Waals surface area contributed by atoms with Gasteiger partial charge in [-0.15, -0.1) is 0 Å². The third kappa shape index (κ3) is 4.42. The van der Waals surface area contributed by atoms with E-state index < -0.39 is 9.84 Å². The van der Waals surface area contributed by atoms with E-state index >= 15 is 0 Å². The van der Waals surface area contributed by atoms with Crippen LogP contribution in [0.1, 0.15) is 19.4 Å². The molecule has 0 unspecified atom stereocenters. The van der Waals surface area contributed by atoms with E-state index in [1.54, 1.807) is 0 Å².